The number of carbonyl (C=O) groups is 1. The monoisotopic (exact) mass is 254 g/mol. The van der Waals surface area contributed by atoms with Gasteiger partial charge in [-0.25, -0.2) is 0 Å². The maximum Gasteiger partial charge on any atom is 0.228 e. The van der Waals surface area contributed by atoms with Crippen molar-refractivity contribution in [1.29, 1.82) is 0 Å². The van der Waals surface area contributed by atoms with Gasteiger partial charge in [0.2, 0.25) is 5.91 Å². The molecule has 2 fully saturated rings. The molecule has 0 saturated carbocycles. The summed E-state index contributed by atoms with van der Waals surface area (Å²) >= 11 is 0. The topological polar surface area (TPSA) is 41.6 Å². The van der Waals surface area contributed by atoms with Crippen LogP contribution in [0.1, 0.15) is 39.0 Å². The number of likely N-dealkylation sites (tertiary alicyclic amines) is 1. The highest BCUT2D eigenvalue weighted by molar-refractivity contribution is 5.79. The van der Waals surface area contributed by atoms with Gasteiger partial charge in [0.15, 0.2) is 0 Å². The SMILES string of the molecule is CNCCC1CCCCN1C(=O)C1COC(C)C1. The van der Waals surface area contributed by atoms with Crippen molar-refractivity contribution < 1.29 is 9.53 Å². The Hall–Kier alpha value is -0.610. The lowest BCUT2D eigenvalue weighted by Crippen LogP contribution is -2.47. The van der Waals surface area contributed by atoms with E-state index in [-0.39, 0.29) is 12.0 Å². The highest BCUT2D eigenvalue weighted by atomic mass is 16.5. The second-order valence-corrected chi connectivity index (χ2v) is 5.65. The van der Waals surface area contributed by atoms with Crippen LogP contribution >= 0.6 is 0 Å². The van der Waals surface area contributed by atoms with Crippen molar-refractivity contribution in [3.05, 3.63) is 0 Å². The molecule has 2 rings (SSSR count). The van der Waals surface area contributed by atoms with E-state index in [4.69, 9.17) is 4.74 Å². The van der Waals surface area contributed by atoms with Gasteiger partial charge in [0.05, 0.1) is 18.6 Å². The molecule has 104 valence electrons. The molecule has 0 aromatic heterocycles. The fourth-order valence-electron chi connectivity index (χ4n) is 3.13. The average molecular weight is 254 g/mol. The predicted molar refractivity (Wildman–Crippen MR) is 71.4 cm³/mol. The maximum absolute atomic E-state index is 12.5. The van der Waals surface area contributed by atoms with E-state index >= 15 is 0 Å². The van der Waals surface area contributed by atoms with Gasteiger partial charge in [-0.05, 0) is 52.6 Å². The Morgan fingerprint density at radius 2 is 2.28 bits per heavy atom. The van der Waals surface area contributed by atoms with Gasteiger partial charge in [-0.1, -0.05) is 0 Å². The summed E-state index contributed by atoms with van der Waals surface area (Å²) in [5.74, 6) is 0.440. The van der Waals surface area contributed by atoms with E-state index in [2.05, 4.69) is 17.1 Å². The van der Waals surface area contributed by atoms with Gasteiger partial charge in [-0.2, -0.15) is 0 Å². The number of rotatable bonds is 4. The van der Waals surface area contributed by atoms with Gasteiger partial charge in [0.1, 0.15) is 0 Å². The van der Waals surface area contributed by atoms with E-state index in [9.17, 15) is 4.79 Å². The van der Waals surface area contributed by atoms with Crippen LogP contribution in [-0.4, -0.2) is 49.7 Å². The van der Waals surface area contributed by atoms with E-state index in [0.717, 1.165) is 38.8 Å². The third-order valence-corrected chi connectivity index (χ3v) is 4.19. The molecule has 2 aliphatic rings. The van der Waals surface area contributed by atoms with Crippen molar-refractivity contribution in [2.75, 3.05) is 26.7 Å². The molecule has 18 heavy (non-hydrogen) atoms. The molecule has 0 aliphatic carbocycles. The second kappa shape index (κ2) is 6.53. The molecule has 4 heteroatoms. The Balaban J connectivity index is 1.93. The normalized spacial score (nSPS) is 32.8. The molecule has 0 bridgehead atoms. The molecule has 2 saturated heterocycles. The van der Waals surface area contributed by atoms with E-state index in [1.54, 1.807) is 0 Å². The van der Waals surface area contributed by atoms with Crippen LogP contribution < -0.4 is 5.32 Å². The maximum atomic E-state index is 12.5. The number of carbonyl (C=O) groups excluding carboxylic acids is 1. The molecule has 0 aromatic carbocycles. The highest BCUT2D eigenvalue weighted by Gasteiger charge is 2.35. The van der Waals surface area contributed by atoms with Gasteiger partial charge in [0.25, 0.3) is 0 Å². The summed E-state index contributed by atoms with van der Waals surface area (Å²) in [6, 6.07) is 0.439. The third kappa shape index (κ3) is 3.23. The van der Waals surface area contributed by atoms with Gasteiger partial charge in [-0.15, -0.1) is 0 Å². The van der Waals surface area contributed by atoms with Crippen molar-refractivity contribution in [1.82, 2.24) is 10.2 Å². The molecule has 3 atom stereocenters. The van der Waals surface area contributed by atoms with Crippen LogP contribution in [0.5, 0.6) is 0 Å². The van der Waals surface area contributed by atoms with E-state index in [1.165, 1.54) is 6.42 Å². The molecule has 0 radical (unpaired) electrons. The zero-order valence-corrected chi connectivity index (χ0v) is 11.7. The van der Waals surface area contributed by atoms with Gasteiger partial charge in [-0.3, -0.25) is 4.79 Å². The molecule has 4 nitrogen and oxygen atoms in total. The van der Waals surface area contributed by atoms with Gasteiger partial charge >= 0.3 is 0 Å². The molecule has 1 N–H and O–H groups in total. The van der Waals surface area contributed by atoms with Gasteiger partial charge in [0, 0.05) is 12.6 Å². The van der Waals surface area contributed by atoms with E-state index in [0.29, 0.717) is 18.6 Å². The quantitative estimate of drug-likeness (QED) is 0.824. The first-order chi connectivity index (χ1) is 8.72. The summed E-state index contributed by atoms with van der Waals surface area (Å²) in [4.78, 5) is 14.7. The Morgan fingerprint density at radius 1 is 1.44 bits per heavy atom. The molecular weight excluding hydrogens is 228 g/mol. The Morgan fingerprint density at radius 3 is 2.94 bits per heavy atom. The molecule has 3 unspecified atom stereocenters. The number of nitrogens with one attached hydrogen (secondary N) is 1. The minimum absolute atomic E-state index is 0.107. The lowest BCUT2D eigenvalue weighted by Gasteiger charge is -2.37. The standard InChI is InChI=1S/C14H26N2O2/c1-11-9-12(10-18-11)14(17)16-8-4-3-5-13(16)6-7-15-2/h11-13,15H,3-10H2,1-2H3. The second-order valence-electron chi connectivity index (χ2n) is 5.65. The van der Waals surface area contributed by atoms with Crippen molar-refractivity contribution in [3.8, 4) is 0 Å². The Kier molecular flexibility index (Phi) is 5.01. The first-order valence-electron chi connectivity index (χ1n) is 7.29. The summed E-state index contributed by atoms with van der Waals surface area (Å²) in [5.41, 5.74) is 0. The van der Waals surface area contributed by atoms with Crippen LogP contribution in [0.3, 0.4) is 0 Å². The Labute approximate surface area is 110 Å². The summed E-state index contributed by atoms with van der Waals surface area (Å²) in [6.45, 7) is 4.61. The molecule has 2 aliphatic heterocycles. The predicted octanol–water partition coefficient (Wildman–Crippen LogP) is 1.40. The summed E-state index contributed by atoms with van der Waals surface area (Å²) in [5, 5.41) is 3.19. The minimum atomic E-state index is 0.107. The molecule has 0 spiro atoms. The van der Waals surface area contributed by atoms with Crippen LogP contribution in [-0.2, 0) is 9.53 Å². The number of nitrogens with zero attached hydrogens (tertiary/aromatic N) is 1. The first-order valence-corrected chi connectivity index (χ1v) is 7.29. The van der Waals surface area contributed by atoms with Crippen LogP contribution in [0.25, 0.3) is 0 Å². The van der Waals surface area contributed by atoms with Crippen LogP contribution in [0.2, 0.25) is 0 Å². The van der Waals surface area contributed by atoms with Crippen LogP contribution in [0.15, 0.2) is 0 Å². The number of ether oxygens (including phenoxy) is 1. The Bertz CT molecular complexity index is 283. The number of amides is 1. The van der Waals surface area contributed by atoms with Crippen LogP contribution in [0.4, 0.5) is 0 Å². The lowest BCUT2D eigenvalue weighted by molar-refractivity contribution is -0.139. The molecule has 2 heterocycles. The molecule has 1 amide bonds. The van der Waals surface area contributed by atoms with Crippen molar-refractivity contribution in [2.24, 2.45) is 5.92 Å². The van der Waals surface area contributed by atoms with E-state index < -0.39 is 0 Å². The van der Waals surface area contributed by atoms with Crippen molar-refractivity contribution in [2.45, 2.75) is 51.2 Å². The van der Waals surface area contributed by atoms with Crippen molar-refractivity contribution >= 4 is 5.91 Å². The largest absolute Gasteiger partial charge is 0.378 e. The van der Waals surface area contributed by atoms with E-state index in [1.807, 2.05) is 7.05 Å². The first kappa shape index (κ1) is 13.8. The average Bonchev–Trinajstić information content (AvgIpc) is 2.82. The third-order valence-electron chi connectivity index (χ3n) is 4.19. The fourth-order valence-corrected chi connectivity index (χ4v) is 3.13. The fraction of sp³-hybridized carbons (Fsp3) is 0.929. The molecule has 0 aromatic rings. The van der Waals surface area contributed by atoms with Crippen LogP contribution in [0, 0.1) is 5.92 Å². The zero-order valence-electron chi connectivity index (χ0n) is 11.7. The molecular formula is C14H26N2O2. The van der Waals surface area contributed by atoms with Crippen molar-refractivity contribution in [3.63, 3.8) is 0 Å². The smallest absolute Gasteiger partial charge is 0.228 e. The summed E-state index contributed by atoms with van der Waals surface area (Å²) < 4.78 is 5.53. The number of piperidine rings is 1. The number of hydrogen-bond acceptors (Lipinski definition) is 3. The zero-order chi connectivity index (χ0) is 13.0. The minimum Gasteiger partial charge on any atom is -0.378 e. The van der Waals surface area contributed by atoms with Gasteiger partial charge < -0.3 is 15.0 Å². The number of hydrogen-bond donors (Lipinski definition) is 1. The summed E-state index contributed by atoms with van der Waals surface area (Å²) in [6.07, 6.45) is 5.80. The highest BCUT2D eigenvalue weighted by Crippen LogP contribution is 2.26. The lowest BCUT2D eigenvalue weighted by atomic mass is 9.96. The summed E-state index contributed by atoms with van der Waals surface area (Å²) in [7, 11) is 1.97.